The highest BCUT2D eigenvalue weighted by molar-refractivity contribution is 7.80. The molecule has 128 valence electrons. The molecule has 4 nitrogen and oxygen atoms in total. The van der Waals surface area contributed by atoms with Crippen molar-refractivity contribution in [3.8, 4) is 0 Å². The molecule has 0 amide bonds. The maximum Gasteiger partial charge on any atom is 0.175 e. The number of thiocarbonyl (C=S) groups is 1. The normalized spacial score (nSPS) is 10.5. The van der Waals surface area contributed by atoms with Crippen LogP contribution < -0.4 is 10.6 Å². The Morgan fingerprint density at radius 2 is 1.80 bits per heavy atom. The summed E-state index contributed by atoms with van der Waals surface area (Å²) in [6, 6.07) is 14.8. The standard InChI is InChI=1S/C19H19FN4S/c1-2-14-7-9-16(10-8-14)22-19(25)23-17-11-21-24(13-17)12-15-5-3-4-6-18(15)20/h3-11,13H,2,12H2,1H3,(H2,22,23,25). The number of hydrogen-bond acceptors (Lipinski definition) is 2. The maximum atomic E-state index is 13.7. The monoisotopic (exact) mass is 354 g/mol. The summed E-state index contributed by atoms with van der Waals surface area (Å²) in [5, 5.41) is 10.9. The summed E-state index contributed by atoms with van der Waals surface area (Å²) in [5.41, 5.74) is 3.54. The third-order valence-electron chi connectivity index (χ3n) is 3.80. The summed E-state index contributed by atoms with van der Waals surface area (Å²) in [7, 11) is 0. The summed E-state index contributed by atoms with van der Waals surface area (Å²) >= 11 is 5.32. The van der Waals surface area contributed by atoms with Crippen molar-refractivity contribution in [1.29, 1.82) is 0 Å². The summed E-state index contributed by atoms with van der Waals surface area (Å²) in [6.45, 7) is 2.49. The lowest BCUT2D eigenvalue weighted by molar-refractivity contribution is 0.585. The van der Waals surface area contributed by atoms with Gasteiger partial charge >= 0.3 is 0 Å². The lowest BCUT2D eigenvalue weighted by Crippen LogP contribution is -2.18. The molecule has 0 saturated heterocycles. The second-order valence-corrected chi connectivity index (χ2v) is 6.06. The lowest BCUT2D eigenvalue weighted by atomic mass is 10.1. The fourth-order valence-electron chi connectivity index (χ4n) is 2.43. The Morgan fingerprint density at radius 3 is 2.52 bits per heavy atom. The van der Waals surface area contributed by atoms with Crippen molar-refractivity contribution >= 4 is 28.7 Å². The van der Waals surface area contributed by atoms with Crippen LogP contribution in [0.1, 0.15) is 18.1 Å². The van der Waals surface area contributed by atoms with E-state index in [0.717, 1.165) is 17.8 Å². The highest BCUT2D eigenvalue weighted by atomic mass is 32.1. The molecule has 0 atom stereocenters. The first-order chi connectivity index (χ1) is 12.1. The van der Waals surface area contributed by atoms with Gasteiger partial charge in [0.2, 0.25) is 0 Å². The van der Waals surface area contributed by atoms with Crippen LogP contribution in [0.5, 0.6) is 0 Å². The van der Waals surface area contributed by atoms with Crippen LogP contribution in [0, 0.1) is 5.82 Å². The zero-order chi connectivity index (χ0) is 17.6. The fraction of sp³-hybridized carbons (Fsp3) is 0.158. The molecule has 0 bridgehead atoms. The van der Waals surface area contributed by atoms with Crippen molar-refractivity contribution in [2.75, 3.05) is 10.6 Å². The Labute approximate surface area is 151 Å². The van der Waals surface area contributed by atoms with Crippen LogP contribution in [0.2, 0.25) is 0 Å². The molecule has 0 aliphatic heterocycles. The molecule has 0 unspecified atom stereocenters. The maximum absolute atomic E-state index is 13.7. The summed E-state index contributed by atoms with van der Waals surface area (Å²) < 4.78 is 15.4. The zero-order valence-corrected chi connectivity index (χ0v) is 14.7. The Morgan fingerprint density at radius 1 is 1.08 bits per heavy atom. The van der Waals surface area contributed by atoms with Gasteiger partial charge in [-0.25, -0.2) is 4.39 Å². The lowest BCUT2D eigenvalue weighted by Gasteiger charge is -2.09. The number of anilines is 2. The molecule has 0 aliphatic rings. The predicted octanol–water partition coefficient (Wildman–Crippen LogP) is 4.44. The number of rotatable bonds is 5. The van der Waals surface area contributed by atoms with Crippen LogP contribution in [-0.4, -0.2) is 14.9 Å². The number of aromatic nitrogens is 2. The van der Waals surface area contributed by atoms with E-state index >= 15 is 0 Å². The average molecular weight is 354 g/mol. The topological polar surface area (TPSA) is 41.9 Å². The molecule has 0 fully saturated rings. The van der Waals surface area contributed by atoms with Crippen LogP contribution in [0.25, 0.3) is 0 Å². The van der Waals surface area contributed by atoms with Crippen LogP contribution in [-0.2, 0) is 13.0 Å². The second kappa shape index (κ2) is 7.90. The molecule has 0 radical (unpaired) electrons. The molecule has 0 aliphatic carbocycles. The number of halogens is 1. The predicted molar refractivity (Wildman–Crippen MR) is 103 cm³/mol. The van der Waals surface area contributed by atoms with Crippen LogP contribution in [0.3, 0.4) is 0 Å². The fourth-order valence-corrected chi connectivity index (χ4v) is 2.67. The highest BCUT2D eigenvalue weighted by Gasteiger charge is 2.05. The first kappa shape index (κ1) is 17.1. The van der Waals surface area contributed by atoms with Gasteiger partial charge in [0.05, 0.1) is 18.4 Å². The Balaban J connectivity index is 1.58. The highest BCUT2D eigenvalue weighted by Crippen LogP contribution is 2.13. The quantitative estimate of drug-likeness (QED) is 0.665. The molecular weight excluding hydrogens is 335 g/mol. The third-order valence-corrected chi connectivity index (χ3v) is 4.01. The Hall–Kier alpha value is -2.73. The smallest absolute Gasteiger partial charge is 0.175 e. The Bertz CT molecular complexity index is 858. The van der Waals surface area contributed by atoms with E-state index in [2.05, 4.69) is 34.8 Å². The first-order valence-corrected chi connectivity index (χ1v) is 8.47. The minimum absolute atomic E-state index is 0.236. The van der Waals surface area contributed by atoms with Gasteiger partial charge in [0, 0.05) is 17.4 Å². The Kier molecular flexibility index (Phi) is 5.40. The van der Waals surface area contributed by atoms with E-state index in [9.17, 15) is 4.39 Å². The number of benzene rings is 2. The van der Waals surface area contributed by atoms with Crippen molar-refractivity contribution in [1.82, 2.24) is 9.78 Å². The van der Waals surface area contributed by atoms with E-state index in [1.165, 1.54) is 11.6 Å². The molecule has 1 aromatic heterocycles. The molecule has 3 aromatic rings. The number of nitrogens with zero attached hydrogens (tertiary/aromatic N) is 2. The number of hydrogen-bond donors (Lipinski definition) is 2. The molecule has 25 heavy (non-hydrogen) atoms. The van der Waals surface area contributed by atoms with Crippen molar-refractivity contribution in [2.45, 2.75) is 19.9 Å². The average Bonchev–Trinajstić information content (AvgIpc) is 3.04. The van der Waals surface area contributed by atoms with Crippen LogP contribution >= 0.6 is 12.2 Å². The van der Waals surface area contributed by atoms with Gasteiger partial charge in [-0.2, -0.15) is 5.10 Å². The molecule has 0 spiro atoms. The second-order valence-electron chi connectivity index (χ2n) is 5.65. The molecule has 2 N–H and O–H groups in total. The molecule has 0 saturated carbocycles. The minimum Gasteiger partial charge on any atom is -0.332 e. The van der Waals surface area contributed by atoms with Crippen molar-refractivity contribution in [2.24, 2.45) is 0 Å². The molecule has 2 aromatic carbocycles. The van der Waals surface area contributed by atoms with Crippen molar-refractivity contribution in [3.05, 3.63) is 77.9 Å². The molecule has 1 heterocycles. The van der Waals surface area contributed by atoms with Gasteiger partial charge in [-0.15, -0.1) is 0 Å². The van der Waals surface area contributed by atoms with E-state index in [-0.39, 0.29) is 5.82 Å². The third kappa shape index (κ3) is 4.64. The van der Waals surface area contributed by atoms with E-state index in [1.807, 2.05) is 18.2 Å². The van der Waals surface area contributed by atoms with E-state index in [0.29, 0.717) is 17.2 Å². The van der Waals surface area contributed by atoms with Gasteiger partial charge in [0.1, 0.15) is 5.82 Å². The van der Waals surface area contributed by atoms with Gasteiger partial charge in [-0.05, 0) is 42.4 Å². The van der Waals surface area contributed by atoms with Gasteiger partial charge in [0.25, 0.3) is 0 Å². The van der Waals surface area contributed by atoms with Crippen molar-refractivity contribution < 1.29 is 4.39 Å². The first-order valence-electron chi connectivity index (χ1n) is 8.07. The van der Waals surface area contributed by atoms with Gasteiger partial charge < -0.3 is 10.6 Å². The number of aryl methyl sites for hydroxylation is 1. The molecule has 3 rings (SSSR count). The van der Waals surface area contributed by atoms with E-state index in [4.69, 9.17) is 12.2 Å². The van der Waals surface area contributed by atoms with E-state index < -0.39 is 0 Å². The van der Waals surface area contributed by atoms with E-state index in [1.54, 1.807) is 29.2 Å². The summed E-state index contributed by atoms with van der Waals surface area (Å²) in [6.07, 6.45) is 4.46. The zero-order valence-electron chi connectivity index (χ0n) is 13.9. The van der Waals surface area contributed by atoms with Crippen molar-refractivity contribution in [3.63, 3.8) is 0 Å². The van der Waals surface area contributed by atoms with Gasteiger partial charge in [-0.3, -0.25) is 4.68 Å². The molecular formula is C19H19FN4S. The largest absolute Gasteiger partial charge is 0.332 e. The SMILES string of the molecule is CCc1ccc(NC(=S)Nc2cnn(Cc3ccccc3F)c2)cc1. The van der Waals surface area contributed by atoms with Gasteiger partial charge in [-0.1, -0.05) is 37.3 Å². The minimum atomic E-state index is -0.236. The number of nitrogens with one attached hydrogen (secondary N) is 2. The van der Waals surface area contributed by atoms with Crippen LogP contribution in [0.15, 0.2) is 60.9 Å². The van der Waals surface area contributed by atoms with Gasteiger partial charge in [0.15, 0.2) is 5.11 Å². The van der Waals surface area contributed by atoms with Crippen LogP contribution in [0.4, 0.5) is 15.8 Å². The summed E-state index contributed by atoms with van der Waals surface area (Å²) in [5.74, 6) is -0.236. The summed E-state index contributed by atoms with van der Waals surface area (Å²) in [4.78, 5) is 0. The molecule has 6 heteroatoms.